The molecule has 1 amide bonds. The molecule has 4 rings (SSSR count). The molecule has 2 fully saturated rings. The molecule has 0 unspecified atom stereocenters. The van der Waals surface area contributed by atoms with E-state index in [-0.39, 0.29) is 42.6 Å². The highest BCUT2D eigenvalue weighted by Gasteiger charge is 2.36. The fraction of sp³-hybridized carbons (Fsp3) is 0.579. The van der Waals surface area contributed by atoms with Crippen LogP contribution in [-0.4, -0.2) is 45.6 Å². The minimum Gasteiger partial charge on any atom is -0.342 e. The third-order valence-electron chi connectivity index (χ3n) is 5.77. The Labute approximate surface area is 177 Å². The molecule has 2 aliphatic rings. The van der Waals surface area contributed by atoms with Crippen LogP contribution < -0.4 is 5.73 Å². The van der Waals surface area contributed by atoms with Gasteiger partial charge < -0.3 is 15.2 Å². The number of aromatic nitrogens is 3. The molecule has 28 heavy (non-hydrogen) atoms. The molecule has 2 atom stereocenters. The lowest BCUT2D eigenvalue weighted by Crippen LogP contribution is -2.43. The Kier molecular flexibility index (Phi) is 8.22. The van der Waals surface area contributed by atoms with Gasteiger partial charge in [0.2, 0.25) is 17.6 Å². The SMILES string of the molecule is Cl.Cl.NC[C@H]1CCC[C@H]1C(=O)N1CCC(c2nc(-c3ccccn3)no2)CC1. The molecule has 7 nitrogen and oxygen atoms in total. The van der Waals surface area contributed by atoms with Gasteiger partial charge in [0.05, 0.1) is 0 Å². The quantitative estimate of drug-likeness (QED) is 0.804. The van der Waals surface area contributed by atoms with Crippen LogP contribution >= 0.6 is 24.8 Å². The zero-order chi connectivity index (χ0) is 17.9. The smallest absolute Gasteiger partial charge is 0.230 e. The molecule has 0 spiro atoms. The number of pyridine rings is 1. The molecule has 1 saturated carbocycles. The van der Waals surface area contributed by atoms with E-state index in [1.807, 2.05) is 23.1 Å². The van der Waals surface area contributed by atoms with Crippen molar-refractivity contribution >= 4 is 30.7 Å². The van der Waals surface area contributed by atoms with Gasteiger partial charge in [-0.1, -0.05) is 17.6 Å². The van der Waals surface area contributed by atoms with Crippen LogP contribution in [-0.2, 0) is 4.79 Å². The molecule has 154 valence electrons. The summed E-state index contributed by atoms with van der Waals surface area (Å²) >= 11 is 0. The molecule has 0 radical (unpaired) electrons. The van der Waals surface area contributed by atoms with Crippen LogP contribution in [0.5, 0.6) is 0 Å². The Bertz CT molecular complexity index is 750. The number of likely N-dealkylation sites (tertiary alicyclic amines) is 1. The van der Waals surface area contributed by atoms with Crippen molar-refractivity contribution in [2.45, 2.75) is 38.0 Å². The summed E-state index contributed by atoms with van der Waals surface area (Å²) in [6, 6.07) is 5.63. The van der Waals surface area contributed by atoms with Crippen molar-refractivity contribution in [2.75, 3.05) is 19.6 Å². The lowest BCUT2D eigenvalue weighted by Gasteiger charge is -2.33. The van der Waals surface area contributed by atoms with E-state index in [4.69, 9.17) is 10.3 Å². The van der Waals surface area contributed by atoms with E-state index in [0.29, 0.717) is 29.9 Å². The summed E-state index contributed by atoms with van der Waals surface area (Å²) in [6.45, 7) is 2.11. The van der Waals surface area contributed by atoms with Crippen LogP contribution in [0.4, 0.5) is 0 Å². The number of carbonyl (C=O) groups excluding carboxylic acids is 1. The van der Waals surface area contributed by atoms with Gasteiger partial charge in [0.25, 0.3) is 0 Å². The van der Waals surface area contributed by atoms with Gasteiger partial charge in [0.15, 0.2) is 0 Å². The average molecular weight is 428 g/mol. The largest absolute Gasteiger partial charge is 0.342 e. The zero-order valence-corrected chi connectivity index (χ0v) is 17.3. The van der Waals surface area contributed by atoms with Gasteiger partial charge in [0, 0.05) is 31.1 Å². The lowest BCUT2D eigenvalue weighted by molar-refractivity contribution is -0.137. The average Bonchev–Trinajstić information content (AvgIpc) is 3.38. The van der Waals surface area contributed by atoms with Crippen LogP contribution in [0.1, 0.15) is 43.9 Å². The van der Waals surface area contributed by atoms with Gasteiger partial charge in [0.1, 0.15) is 5.69 Å². The van der Waals surface area contributed by atoms with E-state index < -0.39 is 0 Å². The maximum Gasteiger partial charge on any atom is 0.230 e. The Hall–Kier alpha value is -1.70. The number of nitrogens with zero attached hydrogens (tertiary/aromatic N) is 4. The standard InChI is InChI=1S/C19H25N5O2.2ClH/c20-12-14-4-3-5-15(14)19(25)24-10-7-13(8-11-24)18-22-17(23-26-18)16-6-1-2-9-21-16;;/h1-2,6,9,13-15H,3-5,7-8,10-12,20H2;2*1H/t14-,15-;;/m1../s1. The van der Waals surface area contributed by atoms with Crippen LogP contribution in [0.15, 0.2) is 28.9 Å². The van der Waals surface area contributed by atoms with E-state index >= 15 is 0 Å². The second kappa shape index (κ2) is 10.2. The maximum absolute atomic E-state index is 12.8. The maximum atomic E-state index is 12.8. The lowest BCUT2D eigenvalue weighted by atomic mass is 9.91. The number of piperidine rings is 1. The van der Waals surface area contributed by atoms with Gasteiger partial charge in [-0.2, -0.15) is 4.98 Å². The van der Waals surface area contributed by atoms with Gasteiger partial charge >= 0.3 is 0 Å². The number of carbonyl (C=O) groups is 1. The fourth-order valence-electron chi connectivity index (χ4n) is 4.23. The molecule has 2 N–H and O–H groups in total. The highest BCUT2D eigenvalue weighted by molar-refractivity contribution is 5.85. The van der Waals surface area contributed by atoms with Gasteiger partial charge in [-0.05, 0) is 50.3 Å². The molecule has 1 aliphatic carbocycles. The Morgan fingerprint density at radius 3 is 2.64 bits per heavy atom. The number of nitrogens with two attached hydrogens (primary N) is 1. The van der Waals surface area contributed by atoms with Gasteiger partial charge in [-0.15, -0.1) is 24.8 Å². The number of hydrogen-bond acceptors (Lipinski definition) is 6. The molecule has 1 saturated heterocycles. The van der Waals surface area contributed by atoms with Crippen molar-refractivity contribution in [2.24, 2.45) is 17.6 Å². The van der Waals surface area contributed by atoms with Gasteiger partial charge in [-0.25, -0.2) is 0 Å². The van der Waals surface area contributed by atoms with Crippen molar-refractivity contribution in [1.82, 2.24) is 20.0 Å². The molecule has 0 bridgehead atoms. The first kappa shape index (κ1) is 22.6. The number of halogens is 2. The summed E-state index contributed by atoms with van der Waals surface area (Å²) in [7, 11) is 0. The molecular weight excluding hydrogens is 401 g/mol. The highest BCUT2D eigenvalue weighted by Crippen LogP contribution is 2.34. The Morgan fingerprint density at radius 1 is 1.18 bits per heavy atom. The predicted molar refractivity (Wildman–Crippen MR) is 110 cm³/mol. The monoisotopic (exact) mass is 427 g/mol. The first-order valence-electron chi connectivity index (χ1n) is 9.50. The second-order valence-corrected chi connectivity index (χ2v) is 7.30. The molecule has 0 aromatic carbocycles. The van der Waals surface area contributed by atoms with Crippen molar-refractivity contribution < 1.29 is 9.32 Å². The first-order chi connectivity index (χ1) is 12.8. The summed E-state index contributed by atoms with van der Waals surface area (Å²) in [5.74, 6) is 2.15. The minimum absolute atomic E-state index is 0. The molecule has 2 aromatic rings. The second-order valence-electron chi connectivity index (χ2n) is 7.30. The summed E-state index contributed by atoms with van der Waals surface area (Å²) in [5.41, 5.74) is 6.55. The molecule has 3 heterocycles. The summed E-state index contributed by atoms with van der Waals surface area (Å²) in [6.07, 6.45) is 6.62. The Morgan fingerprint density at radius 2 is 1.96 bits per heavy atom. The third kappa shape index (κ3) is 4.64. The topological polar surface area (TPSA) is 98.1 Å². The van der Waals surface area contributed by atoms with E-state index in [1.165, 1.54) is 0 Å². The van der Waals surface area contributed by atoms with Crippen molar-refractivity contribution in [1.29, 1.82) is 0 Å². The summed E-state index contributed by atoms with van der Waals surface area (Å²) in [4.78, 5) is 23.6. The molecule has 2 aromatic heterocycles. The molecular formula is C19H27Cl2N5O2. The molecule has 1 aliphatic heterocycles. The van der Waals surface area contributed by atoms with E-state index in [2.05, 4.69) is 15.1 Å². The molecule has 9 heteroatoms. The zero-order valence-electron chi connectivity index (χ0n) is 15.7. The summed E-state index contributed by atoms with van der Waals surface area (Å²) < 4.78 is 5.47. The van der Waals surface area contributed by atoms with Crippen LogP contribution in [0.2, 0.25) is 0 Å². The predicted octanol–water partition coefficient (Wildman–Crippen LogP) is 3.06. The van der Waals surface area contributed by atoms with Crippen LogP contribution in [0.25, 0.3) is 11.5 Å². The van der Waals surface area contributed by atoms with Gasteiger partial charge in [-0.3, -0.25) is 9.78 Å². The normalized spacial score (nSPS) is 22.4. The number of rotatable bonds is 4. The van der Waals surface area contributed by atoms with Crippen molar-refractivity contribution in [3.63, 3.8) is 0 Å². The van der Waals surface area contributed by atoms with Crippen LogP contribution in [0, 0.1) is 11.8 Å². The first-order valence-corrected chi connectivity index (χ1v) is 9.50. The van der Waals surface area contributed by atoms with Crippen molar-refractivity contribution in [3.8, 4) is 11.5 Å². The number of amides is 1. The van der Waals surface area contributed by atoms with E-state index in [9.17, 15) is 4.79 Å². The van der Waals surface area contributed by atoms with Crippen LogP contribution in [0.3, 0.4) is 0 Å². The highest BCUT2D eigenvalue weighted by atomic mass is 35.5. The minimum atomic E-state index is 0. The fourth-order valence-corrected chi connectivity index (χ4v) is 4.23. The third-order valence-corrected chi connectivity index (χ3v) is 5.77. The number of hydrogen-bond donors (Lipinski definition) is 1. The Balaban J connectivity index is 0.00000140. The van der Waals surface area contributed by atoms with Crippen molar-refractivity contribution in [3.05, 3.63) is 30.3 Å². The summed E-state index contributed by atoms with van der Waals surface area (Å²) in [5, 5.41) is 4.06. The van der Waals surface area contributed by atoms with E-state index in [1.54, 1.807) is 6.20 Å². The van der Waals surface area contributed by atoms with E-state index in [0.717, 1.165) is 45.2 Å².